The predicted molar refractivity (Wildman–Crippen MR) is 103 cm³/mol. The summed E-state index contributed by atoms with van der Waals surface area (Å²) in [6.07, 6.45) is 5.82. The van der Waals surface area contributed by atoms with E-state index in [2.05, 4.69) is 16.9 Å². The largest absolute Gasteiger partial charge is 0.494 e. The number of amides is 1. The van der Waals surface area contributed by atoms with E-state index in [1.54, 1.807) is 0 Å². The molecule has 26 heavy (non-hydrogen) atoms. The van der Waals surface area contributed by atoms with E-state index < -0.39 is 0 Å². The molecule has 0 radical (unpaired) electrons. The topological polar surface area (TPSA) is 45.7 Å². The first-order valence-electron chi connectivity index (χ1n) is 9.74. The summed E-state index contributed by atoms with van der Waals surface area (Å²) in [5, 5.41) is 1.01. The molecule has 2 aromatic rings. The second kappa shape index (κ2) is 7.62. The van der Waals surface area contributed by atoms with E-state index in [0.29, 0.717) is 11.7 Å². The third-order valence-corrected chi connectivity index (χ3v) is 5.66. The SMILES string of the molecule is CN1CCCC1CCOc1ccc2nc(C(=O)N3CCCC3)ccc2c1. The molecule has 1 amide bonds. The Balaban J connectivity index is 1.40. The fraction of sp³-hybridized carbons (Fsp3) is 0.524. The van der Waals surface area contributed by atoms with Crippen molar-refractivity contribution in [2.45, 2.75) is 38.1 Å². The summed E-state index contributed by atoms with van der Waals surface area (Å²) in [6.45, 7) is 3.63. The minimum atomic E-state index is 0.0467. The number of benzene rings is 1. The lowest BCUT2D eigenvalue weighted by Gasteiger charge is -2.19. The molecule has 3 heterocycles. The van der Waals surface area contributed by atoms with Gasteiger partial charge in [0.25, 0.3) is 5.91 Å². The highest BCUT2D eigenvalue weighted by Crippen LogP contribution is 2.23. The van der Waals surface area contributed by atoms with Crippen LogP contribution < -0.4 is 4.74 Å². The Hall–Kier alpha value is -2.14. The molecule has 0 saturated carbocycles. The maximum absolute atomic E-state index is 12.5. The van der Waals surface area contributed by atoms with Gasteiger partial charge in [0, 0.05) is 24.5 Å². The zero-order chi connectivity index (χ0) is 17.9. The Labute approximate surface area is 154 Å². The quantitative estimate of drug-likeness (QED) is 0.827. The van der Waals surface area contributed by atoms with Crippen LogP contribution in [-0.4, -0.2) is 60.0 Å². The maximum atomic E-state index is 12.5. The van der Waals surface area contributed by atoms with Crippen molar-refractivity contribution in [2.75, 3.05) is 33.3 Å². The van der Waals surface area contributed by atoms with Gasteiger partial charge >= 0.3 is 0 Å². The Morgan fingerprint density at radius 2 is 2.00 bits per heavy atom. The molecule has 2 aliphatic heterocycles. The van der Waals surface area contributed by atoms with Crippen molar-refractivity contribution in [2.24, 2.45) is 0 Å². The first kappa shape index (κ1) is 17.3. The summed E-state index contributed by atoms with van der Waals surface area (Å²) in [6, 6.07) is 10.4. The van der Waals surface area contributed by atoms with Crippen molar-refractivity contribution in [1.82, 2.24) is 14.8 Å². The smallest absolute Gasteiger partial charge is 0.272 e. The monoisotopic (exact) mass is 353 g/mol. The molecule has 1 aromatic carbocycles. The average Bonchev–Trinajstić information content (AvgIpc) is 3.33. The lowest BCUT2D eigenvalue weighted by Crippen LogP contribution is -2.28. The molecule has 1 aromatic heterocycles. The van der Waals surface area contributed by atoms with E-state index in [4.69, 9.17) is 4.74 Å². The second-order valence-corrected chi connectivity index (χ2v) is 7.46. The third-order valence-electron chi connectivity index (χ3n) is 5.66. The fourth-order valence-electron chi connectivity index (χ4n) is 4.05. The third kappa shape index (κ3) is 3.68. The first-order valence-corrected chi connectivity index (χ1v) is 9.74. The van der Waals surface area contributed by atoms with Gasteiger partial charge < -0.3 is 14.5 Å². The molecule has 1 atom stereocenters. The van der Waals surface area contributed by atoms with Gasteiger partial charge in [-0.1, -0.05) is 6.07 Å². The summed E-state index contributed by atoms with van der Waals surface area (Å²) < 4.78 is 5.95. The van der Waals surface area contributed by atoms with Crippen LogP contribution in [-0.2, 0) is 0 Å². The summed E-state index contributed by atoms with van der Waals surface area (Å²) >= 11 is 0. The van der Waals surface area contributed by atoms with Gasteiger partial charge in [-0.3, -0.25) is 4.79 Å². The summed E-state index contributed by atoms with van der Waals surface area (Å²) in [5.41, 5.74) is 1.38. The van der Waals surface area contributed by atoms with Gasteiger partial charge in [-0.15, -0.1) is 0 Å². The molecule has 0 N–H and O–H groups in total. The standard InChI is InChI=1S/C21H27N3O2/c1-23-11-4-5-17(23)10-14-26-18-7-9-19-16(15-18)6-8-20(22-19)21(25)24-12-2-3-13-24/h6-9,15,17H,2-5,10-14H2,1H3. The minimum Gasteiger partial charge on any atom is -0.494 e. The molecule has 0 bridgehead atoms. The zero-order valence-electron chi connectivity index (χ0n) is 15.5. The van der Waals surface area contributed by atoms with Crippen LogP contribution in [0, 0.1) is 0 Å². The van der Waals surface area contributed by atoms with Crippen molar-refractivity contribution < 1.29 is 9.53 Å². The van der Waals surface area contributed by atoms with Crippen LogP contribution in [0.4, 0.5) is 0 Å². The van der Waals surface area contributed by atoms with Gasteiger partial charge in [0.15, 0.2) is 0 Å². The first-order chi connectivity index (χ1) is 12.7. The van der Waals surface area contributed by atoms with Crippen LogP contribution in [0.25, 0.3) is 10.9 Å². The van der Waals surface area contributed by atoms with E-state index in [0.717, 1.165) is 55.6 Å². The highest BCUT2D eigenvalue weighted by atomic mass is 16.5. The van der Waals surface area contributed by atoms with E-state index in [1.165, 1.54) is 19.4 Å². The van der Waals surface area contributed by atoms with E-state index in [1.807, 2.05) is 35.2 Å². The molecular weight excluding hydrogens is 326 g/mol. The molecule has 2 aliphatic rings. The molecule has 5 nitrogen and oxygen atoms in total. The average molecular weight is 353 g/mol. The number of carbonyl (C=O) groups excluding carboxylic acids is 1. The van der Waals surface area contributed by atoms with E-state index >= 15 is 0 Å². The number of nitrogens with zero attached hydrogens (tertiary/aromatic N) is 3. The normalized spacial score (nSPS) is 20.8. The maximum Gasteiger partial charge on any atom is 0.272 e. The number of rotatable bonds is 5. The van der Waals surface area contributed by atoms with Crippen LogP contribution in [0.15, 0.2) is 30.3 Å². The number of aromatic nitrogens is 1. The van der Waals surface area contributed by atoms with Gasteiger partial charge in [-0.25, -0.2) is 4.98 Å². The molecule has 2 fully saturated rings. The lowest BCUT2D eigenvalue weighted by atomic mass is 10.1. The number of likely N-dealkylation sites (tertiary alicyclic amines) is 2. The zero-order valence-corrected chi connectivity index (χ0v) is 15.5. The summed E-state index contributed by atoms with van der Waals surface area (Å²) in [4.78, 5) is 21.4. The Kier molecular flexibility index (Phi) is 5.07. The van der Waals surface area contributed by atoms with Gasteiger partial charge in [-0.05, 0) is 70.0 Å². The molecule has 0 aliphatic carbocycles. The van der Waals surface area contributed by atoms with Crippen LogP contribution in [0.3, 0.4) is 0 Å². The molecule has 2 saturated heterocycles. The van der Waals surface area contributed by atoms with E-state index in [-0.39, 0.29) is 5.91 Å². The van der Waals surface area contributed by atoms with Gasteiger partial charge in [0.2, 0.25) is 0 Å². The van der Waals surface area contributed by atoms with Crippen molar-refractivity contribution >= 4 is 16.8 Å². The minimum absolute atomic E-state index is 0.0467. The Morgan fingerprint density at radius 1 is 1.15 bits per heavy atom. The predicted octanol–water partition coefficient (Wildman–Crippen LogP) is 3.33. The van der Waals surface area contributed by atoms with Crippen LogP contribution in [0.2, 0.25) is 0 Å². The van der Waals surface area contributed by atoms with Crippen molar-refractivity contribution in [1.29, 1.82) is 0 Å². The van der Waals surface area contributed by atoms with Gasteiger partial charge in [-0.2, -0.15) is 0 Å². The van der Waals surface area contributed by atoms with Gasteiger partial charge in [0.05, 0.1) is 12.1 Å². The molecule has 1 unspecified atom stereocenters. The number of hydrogen-bond donors (Lipinski definition) is 0. The Morgan fingerprint density at radius 3 is 2.77 bits per heavy atom. The number of ether oxygens (including phenoxy) is 1. The highest BCUT2D eigenvalue weighted by molar-refractivity contribution is 5.95. The number of hydrogen-bond acceptors (Lipinski definition) is 4. The Bertz CT molecular complexity index is 786. The van der Waals surface area contributed by atoms with Crippen LogP contribution >= 0.6 is 0 Å². The van der Waals surface area contributed by atoms with E-state index in [9.17, 15) is 4.79 Å². The second-order valence-electron chi connectivity index (χ2n) is 7.46. The summed E-state index contributed by atoms with van der Waals surface area (Å²) in [7, 11) is 2.19. The number of fused-ring (bicyclic) bond motifs is 1. The van der Waals surface area contributed by atoms with Gasteiger partial charge in [0.1, 0.15) is 11.4 Å². The van der Waals surface area contributed by atoms with Crippen molar-refractivity contribution in [3.63, 3.8) is 0 Å². The number of pyridine rings is 1. The molecule has 0 spiro atoms. The molecule has 5 heteroatoms. The van der Waals surface area contributed by atoms with Crippen molar-refractivity contribution in [3.8, 4) is 5.75 Å². The summed E-state index contributed by atoms with van der Waals surface area (Å²) in [5.74, 6) is 0.920. The van der Waals surface area contributed by atoms with Crippen LogP contribution in [0.5, 0.6) is 5.75 Å². The van der Waals surface area contributed by atoms with Crippen LogP contribution in [0.1, 0.15) is 42.6 Å². The molecule has 4 rings (SSSR count). The van der Waals surface area contributed by atoms with Crippen molar-refractivity contribution in [3.05, 3.63) is 36.0 Å². The lowest BCUT2D eigenvalue weighted by molar-refractivity contribution is 0.0787. The highest BCUT2D eigenvalue weighted by Gasteiger charge is 2.21. The number of carbonyl (C=O) groups is 1. The molecular formula is C21H27N3O2. The molecule has 138 valence electrons. The fourth-order valence-corrected chi connectivity index (χ4v) is 4.05.